The molecule has 0 bridgehead atoms. The summed E-state index contributed by atoms with van der Waals surface area (Å²) in [7, 11) is 2.18. The fourth-order valence-electron chi connectivity index (χ4n) is 3.64. The zero-order valence-corrected chi connectivity index (χ0v) is 12.9. The van der Waals surface area contributed by atoms with Gasteiger partial charge in [-0.1, -0.05) is 49.6 Å². The third kappa shape index (κ3) is 3.38. The van der Waals surface area contributed by atoms with Crippen LogP contribution in [0.25, 0.3) is 10.8 Å². The molecule has 0 aromatic heterocycles. The van der Waals surface area contributed by atoms with E-state index in [-0.39, 0.29) is 0 Å². The van der Waals surface area contributed by atoms with Gasteiger partial charge in [-0.05, 0) is 42.6 Å². The molecule has 2 heteroatoms. The highest BCUT2D eigenvalue weighted by Gasteiger charge is 2.17. The highest BCUT2D eigenvalue weighted by Crippen LogP contribution is 2.29. The number of fused-ring (bicyclic) bond motifs is 1. The van der Waals surface area contributed by atoms with Crippen LogP contribution in [0.2, 0.25) is 0 Å². The van der Waals surface area contributed by atoms with Crippen molar-refractivity contribution in [2.45, 2.75) is 38.6 Å². The fourth-order valence-corrected chi connectivity index (χ4v) is 3.64. The van der Waals surface area contributed by atoms with Crippen molar-refractivity contribution in [3.8, 4) is 5.75 Å². The Morgan fingerprint density at radius 3 is 2.62 bits per heavy atom. The minimum atomic E-state index is 0.421. The van der Waals surface area contributed by atoms with Crippen LogP contribution in [-0.4, -0.2) is 23.6 Å². The monoisotopic (exact) mass is 283 g/mol. The molecule has 0 saturated heterocycles. The Morgan fingerprint density at radius 2 is 1.81 bits per heavy atom. The van der Waals surface area contributed by atoms with Gasteiger partial charge in [0.25, 0.3) is 0 Å². The summed E-state index contributed by atoms with van der Waals surface area (Å²) < 4.78 is 0. The summed E-state index contributed by atoms with van der Waals surface area (Å²) in [4.78, 5) is 2.37. The van der Waals surface area contributed by atoms with E-state index >= 15 is 0 Å². The lowest BCUT2D eigenvalue weighted by molar-refractivity contribution is 0.227. The van der Waals surface area contributed by atoms with Crippen molar-refractivity contribution in [3.63, 3.8) is 0 Å². The molecule has 2 aromatic rings. The predicted molar refractivity (Wildman–Crippen MR) is 88.5 cm³/mol. The summed E-state index contributed by atoms with van der Waals surface area (Å²) in [5.41, 5.74) is 1.06. The van der Waals surface area contributed by atoms with E-state index in [4.69, 9.17) is 0 Å². The van der Waals surface area contributed by atoms with E-state index in [0.717, 1.165) is 24.6 Å². The molecule has 0 heterocycles. The molecule has 0 spiro atoms. The first kappa shape index (κ1) is 14.4. The second-order valence-corrected chi connectivity index (χ2v) is 6.49. The number of rotatable bonds is 4. The average molecular weight is 283 g/mol. The topological polar surface area (TPSA) is 23.5 Å². The normalized spacial score (nSPS) is 16.7. The summed E-state index contributed by atoms with van der Waals surface area (Å²) >= 11 is 0. The van der Waals surface area contributed by atoms with Crippen LogP contribution in [0.5, 0.6) is 5.75 Å². The third-order valence-corrected chi connectivity index (χ3v) is 4.74. The van der Waals surface area contributed by atoms with Gasteiger partial charge in [0.2, 0.25) is 0 Å². The Morgan fingerprint density at radius 1 is 1.05 bits per heavy atom. The van der Waals surface area contributed by atoms with Crippen molar-refractivity contribution in [2.75, 3.05) is 13.6 Å². The number of nitrogens with zero attached hydrogens (tertiary/aromatic N) is 1. The summed E-state index contributed by atoms with van der Waals surface area (Å²) in [5.74, 6) is 1.25. The SMILES string of the molecule is CN(Cc1c(O)ccc2ccccc12)CC1CCCCC1. The molecular formula is C19H25NO. The van der Waals surface area contributed by atoms with Crippen molar-refractivity contribution >= 4 is 10.8 Å². The van der Waals surface area contributed by atoms with Gasteiger partial charge in [0.15, 0.2) is 0 Å². The maximum absolute atomic E-state index is 10.2. The second kappa shape index (κ2) is 6.48. The molecule has 1 aliphatic carbocycles. The van der Waals surface area contributed by atoms with E-state index in [0.29, 0.717) is 5.75 Å². The van der Waals surface area contributed by atoms with E-state index in [1.807, 2.05) is 18.2 Å². The molecule has 0 atom stereocenters. The largest absolute Gasteiger partial charge is 0.508 e. The Kier molecular flexibility index (Phi) is 4.45. The molecule has 1 aliphatic rings. The van der Waals surface area contributed by atoms with Crippen molar-refractivity contribution in [2.24, 2.45) is 5.92 Å². The van der Waals surface area contributed by atoms with Crippen LogP contribution in [-0.2, 0) is 6.54 Å². The van der Waals surface area contributed by atoms with Gasteiger partial charge in [-0.3, -0.25) is 0 Å². The fraction of sp³-hybridized carbons (Fsp3) is 0.474. The predicted octanol–water partition coefficient (Wildman–Crippen LogP) is 4.56. The summed E-state index contributed by atoms with van der Waals surface area (Å²) in [6, 6.07) is 12.1. The number of phenolic OH excluding ortho intramolecular Hbond substituents is 1. The molecule has 0 aliphatic heterocycles. The maximum atomic E-state index is 10.2. The van der Waals surface area contributed by atoms with Gasteiger partial charge in [0, 0.05) is 18.7 Å². The number of aromatic hydroxyl groups is 1. The smallest absolute Gasteiger partial charge is 0.120 e. The van der Waals surface area contributed by atoms with Crippen LogP contribution in [0.15, 0.2) is 36.4 Å². The zero-order chi connectivity index (χ0) is 14.7. The second-order valence-electron chi connectivity index (χ2n) is 6.49. The van der Waals surface area contributed by atoms with Crippen molar-refractivity contribution in [1.82, 2.24) is 4.90 Å². The molecule has 112 valence electrons. The first-order valence-electron chi connectivity index (χ1n) is 8.12. The highest BCUT2D eigenvalue weighted by molar-refractivity contribution is 5.87. The summed E-state index contributed by atoms with van der Waals surface area (Å²) in [6.07, 6.45) is 6.91. The number of benzene rings is 2. The Balaban J connectivity index is 1.75. The van der Waals surface area contributed by atoms with Gasteiger partial charge in [-0.2, -0.15) is 0 Å². The van der Waals surface area contributed by atoms with Crippen LogP contribution in [0.4, 0.5) is 0 Å². The van der Waals surface area contributed by atoms with Crippen LogP contribution in [0, 0.1) is 5.92 Å². The maximum Gasteiger partial charge on any atom is 0.120 e. The van der Waals surface area contributed by atoms with Crippen LogP contribution < -0.4 is 0 Å². The molecule has 0 radical (unpaired) electrons. The van der Waals surface area contributed by atoms with Crippen molar-refractivity contribution < 1.29 is 5.11 Å². The van der Waals surface area contributed by atoms with E-state index in [1.165, 1.54) is 42.9 Å². The third-order valence-electron chi connectivity index (χ3n) is 4.74. The van der Waals surface area contributed by atoms with Gasteiger partial charge in [-0.15, -0.1) is 0 Å². The standard InChI is InChI=1S/C19H25NO/c1-20(13-15-7-3-2-4-8-15)14-18-17-10-6-5-9-16(17)11-12-19(18)21/h5-6,9-12,15,21H,2-4,7-8,13-14H2,1H3. The summed E-state index contributed by atoms with van der Waals surface area (Å²) in [6.45, 7) is 1.96. The first-order valence-corrected chi connectivity index (χ1v) is 8.12. The molecule has 0 unspecified atom stereocenters. The van der Waals surface area contributed by atoms with Gasteiger partial charge < -0.3 is 10.0 Å². The van der Waals surface area contributed by atoms with Crippen LogP contribution in [0.1, 0.15) is 37.7 Å². The number of hydrogen-bond acceptors (Lipinski definition) is 2. The zero-order valence-electron chi connectivity index (χ0n) is 12.9. The molecule has 1 saturated carbocycles. The molecule has 1 fully saturated rings. The lowest BCUT2D eigenvalue weighted by Crippen LogP contribution is -2.26. The van der Waals surface area contributed by atoms with E-state index in [1.54, 1.807) is 0 Å². The lowest BCUT2D eigenvalue weighted by Gasteiger charge is -2.27. The van der Waals surface area contributed by atoms with Crippen molar-refractivity contribution in [3.05, 3.63) is 42.0 Å². The Hall–Kier alpha value is -1.54. The highest BCUT2D eigenvalue weighted by atomic mass is 16.3. The minimum absolute atomic E-state index is 0.421. The molecular weight excluding hydrogens is 258 g/mol. The minimum Gasteiger partial charge on any atom is -0.508 e. The van der Waals surface area contributed by atoms with Gasteiger partial charge in [-0.25, -0.2) is 0 Å². The van der Waals surface area contributed by atoms with E-state index in [9.17, 15) is 5.11 Å². The number of hydrogen-bond donors (Lipinski definition) is 1. The molecule has 2 aromatic carbocycles. The Labute approximate surface area is 127 Å². The van der Waals surface area contributed by atoms with Gasteiger partial charge >= 0.3 is 0 Å². The molecule has 21 heavy (non-hydrogen) atoms. The van der Waals surface area contributed by atoms with Crippen molar-refractivity contribution in [1.29, 1.82) is 0 Å². The quantitative estimate of drug-likeness (QED) is 0.889. The van der Waals surface area contributed by atoms with Gasteiger partial charge in [0.1, 0.15) is 5.75 Å². The van der Waals surface area contributed by atoms with E-state index in [2.05, 4.69) is 30.1 Å². The lowest BCUT2D eigenvalue weighted by atomic mass is 9.89. The average Bonchev–Trinajstić information content (AvgIpc) is 2.51. The summed E-state index contributed by atoms with van der Waals surface area (Å²) in [5, 5.41) is 12.6. The molecule has 3 rings (SSSR count). The van der Waals surface area contributed by atoms with Crippen LogP contribution in [0.3, 0.4) is 0 Å². The molecule has 1 N–H and O–H groups in total. The first-order chi connectivity index (χ1) is 10.2. The van der Waals surface area contributed by atoms with E-state index < -0.39 is 0 Å². The van der Waals surface area contributed by atoms with Gasteiger partial charge in [0.05, 0.1) is 0 Å². The molecule has 2 nitrogen and oxygen atoms in total. The molecule has 0 amide bonds. The number of phenols is 1. The van der Waals surface area contributed by atoms with Crippen LogP contribution >= 0.6 is 0 Å². The Bertz CT molecular complexity index is 602.